The minimum absolute atomic E-state index is 1.03. The van der Waals surface area contributed by atoms with E-state index in [1.165, 1.54) is 22.3 Å². The van der Waals surface area contributed by atoms with Gasteiger partial charge < -0.3 is 0 Å². The molecule has 0 heterocycles. The van der Waals surface area contributed by atoms with Crippen molar-refractivity contribution in [3.63, 3.8) is 0 Å². The van der Waals surface area contributed by atoms with Crippen LogP contribution in [0.5, 0.6) is 0 Å². The van der Waals surface area contributed by atoms with Gasteiger partial charge in [-0.15, -0.1) is 0 Å². The predicted octanol–water partition coefficient (Wildman–Crippen LogP) is 5.46. The van der Waals surface area contributed by atoms with Gasteiger partial charge in [-0.1, -0.05) is 72.8 Å². The van der Waals surface area contributed by atoms with Crippen LogP contribution in [0.15, 0.2) is 84.9 Å². The minimum atomic E-state index is 1.03. The lowest BCUT2D eigenvalue weighted by Gasteiger charge is -2.04. The molecule has 1 nitrogen and oxygen atoms in total. The smallest absolute Gasteiger partial charge is 0.0715 e. The third kappa shape index (κ3) is 2.13. The number of nitrogens with zero attached hydrogens (tertiary/aromatic N) is 1. The van der Waals surface area contributed by atoms with Crippen LogP contribution in [0.25, 0.3) is 22.3 Å². The van der Waals surface area contributed by atoms with E-state index in [-0.39, 0.29) is 0 Å². The van der Waals surface area contributed by atoms with Gasteiger partial charge in [-0.05, 0) is 23.3 Å². The van der Waals surface area contributed by atoms with Gasteiger partial charge in [0, 0.05) is 11.1 Å². The molecule has 0 aromatic carbocycles. The van der Waals surface area contributed by atoms with Crippen LogP contribution in [0.3, 0.4) is 0 Å². The minimum Gasteiger partial charge on any atom is -0.248 e. The first kappa shape index (κ1) is 12.0. The van der Waals surface area contributed by atoms with Crippen LogP contribution in [0, 0.1) is 0 Å². The van der Waals surface area contributed by atoms with Crippen molar-refractivity contribution in [3.8, 4) is 22.3 Å². The summed E-state index contributed by atoms with van der Waals surface area (Å²) in [6, 6.07) is 29.2. The summed E-state index contributed by atoms with van der Waals surface area (Å²) in [4.78, 5) is 0. The van der Waals surface area contributed by atoms with Crippen molar-refractivity contribution in [3.05, 3.63) is 84.9 Å². The molecule has 1 radical (unpaired) electrons. The summed E-state index contributed by atoms with van der Waals surface area (Å²) in [5, 5.41) is 4.87. The van der Waals surface area contributed by atoms with Crippen molar-refractivity contribution in [2.45, 2.75) is 0 Å². The molecule has 1 heteroatoms. The lowest BCUT2D eigenvalue weighted by atomic mass is 10.1. The molecule has 0 saturated heterocycles. The molecule has 4 rings (SSSR count). The molecule has 0 aromatic heterocycles. The molecular formula is C20H14N. The Morgan fingerprint density at radius 2 is 0.905 bits per heavy atom. The third-order valence-corrected chi connectivity index (χ3v) is 3.78. The van der Waals surface area contributed by atoms with Crippen molar-refractivity contribution in [2.75, 3.05) is 0 Å². The zero-order valence-electron chi connectivity index (χ0n) is 11.5. The molecule has 0 aliphatic heterocycles. The largest absolute Gasteiger partial charge is 0.248 e. The van der Waals surface area contributed by atoms with Crippen molar-refractivity contribution in [2.24, 2.45) is 0 Å². The van der Waals surface area contributed by atoms with Gasteiger partial charge in [0.2, 0.25) is 0 Å². The van der Waals surface area contributed by atoms with Crippen LogP contribution in [0.4, 0.5) is 11.4 Å². The number of rotatable bonds is 2. The summed E-state index contributed by atoms with van der Waals surface area (Å²) in [5.74, 6) is 0. The molecule has 0 fully saturated rings. The van der Waals surface area contributed by atoms with Crippen LogP contribution < -0.4 is 5.32 Å². The van der Waals surface area contributed by atoms with Crippen molar-refractivity contribution in [1.82, 2.24) is 5.32 Å². The molecule has 0 bridgehead atoms. The summed E-state index contributed by atoms with van der Waals surface area (Å²) in [5.41, 5.74) is 6.88. The third-order valence-electron chi connectivity index (χ3n) is 3.78. The van der Waals surface area contributed by atoms with Gasteiger partial charge in [-0.2, -0.15) is 0 Å². The first-order valence-electron chi connectivity index (χ1n) is 7.09. The SMILES string of the molecule is c1ccc2ccc([N]c3ccc4cccccc3-4)c-2cc1. The maximum atomic E-state index is 4.87. The fourth-order valence-corrected chi connectivity index (χ4v) is 2.72. The van der Waals surface area contributed by atoms with E-state index in [2.05, 4.69) is 72.8 Å². The second kappa shape index (κ2) is 4.95. The highest BCUT2D eigenvalue weighted by molar-refractivity contribution is 5.85. The van der Waals surface area contributed by atoms with Gasteiger partial charge in [0.1, 0.15) is 0 Å². The zero-order valence-corrected chi connectivity index (χ0v) is 11.5. The lowest BCUT2D eigenvalue weighted by molar-refractivity contribution is 1.21. The topological polar surface area (TPSA) is 14.1 Å². The number of hydrogen-bond acceptors (Lipinski definition) is 0. The predicted molar refractivity (Wildman–Crippen MR) is 87.6 cm³/mol. The first-order valence-corrected chi connectivity index (χ1v) is 7.09. The first-order chi connectivity index (χ1) is 10.4. The molecule has 4 aliphatic rings. The Kier molecular flexibility index (Phi) is 2.82. The second-order valence-corrected chi connectivity index (χ2v) is 5.11. The van der Waals surface area contributed by atoms with Crippen molar-refractivity contribution in [1.29, 1.82) is 0 Å². The van der Waals surface area contributed by atoms with Crippen LogP contribution in [-0.2, 0) is 0 Å². The molecular weight excluding hydrogens is 254 g/mol. The molecule has 0 saturated carbocycles. The Morgan fingerprint density at radius 3 is 1.43 bits per heavy atom. The van der Waals surface area contributed by atoms with E-state index in [0.29, 0.717) is 0 Å². The van der Waals surface area contributed by atoms with Gasteiger partial charge in [-0.3, -0.25) is 0 Å². The molecule has 0 spiro atoms. The Balaban J connectivity index is 1.76. The molecule has 21 heavy (non-hydrogen) atoms. The fourth-order valence-electron chi connectivity index (χ4n) is 2.72. The normalized spacial score (nSPS) is 10.9. The Hall–Kier alpha value is -2.80. The average Bonchev–Trinajstić information content (AvgIpc) is 2.85. The van der Waals surface area contributed by atoms with E-state index >= 15 is 0 Å². The van der Waals surface area contributed by atoms with Gasteiger partial charge in [0.25, 0.3) is 0 Å². The Bertz CT molecular complexity index is 764. The standard InChI is InChI=1S/C20H14N/c1-3-7-15-11-13-19(17(15)9-5-1)21-20-14-12-16-8-4-2-6-10-18(16)20/h1-14H. The molecule has 0 aromatic rings. The van der Waals surface area contributed by atoms with Gasteiger partial charge >= 0.3 is 0 Å². The summed E-state index contributed by atoms with van der Waals surface area (Å²) in [6.07, 6.45) is 0. The van der Waals surface area contributed by atoms with Crippen LogP contribution in [-0.4, -0.2) is 0 Å². The highest BCUT2D eigenvalue weighted by Gasteiger charge is 2.13. The molecule has 99 valence electrons. The number of fused-ring (bicyclic) bond motifs is 2. The Labute approximate surface area is 124 Å². The summed E-state index contributed by atoms with van der Waals surface area (Å²) >= 11 is 0. The average molecular weight is 268 g/mol. The van der Waals surface area contributed by atoms with Gasteiger partial charge in [0.05, 0.1) is 11.4 Å². The molecule has 4 aliphatic carbocycles. The van der Waals surface area contributed by atoms with E-state index in [0.717, 1.165) is 11.4 Å². The van der Waals surface area contributed by atoms with E-state index < -0.39 is 0 Å². The monoisotopic (exact) mass is 268 g/mol. The zero-order chi connectivity index (χ0) is 14.1. The molecule has 0 atom stereocenters. The van der Waals surface area contributed by atoms with Crippen LogP contribution in [0.2, 0.25) is 0 Å². The Morgan fingerprint density at radius 1 is 0.429 bits per heavy atom. The quantitative estimate of drug-likeness (QED) is 0.458. The molecule has 0 unspecified atom stereocenters. The highest BCUT2D eigenvalue weighted by atomic mass is 14.9. The summed E-state index contributed by atoms with van der Waals surface area (Å²) < 4.78 is 0. The second-order valence-electron chi connectivity index (χ2n) is 5.11. The van der Waals surface area contributed by atoms with E-state index in [4.69, 9.17) is 5.32 Å². The lowest BCUT2D eigenvalue weighted by Crippen LogP contribution is -1.87. The van der Waals surface area contributed by atoms with Gasteiger partial charge in [-0.25, -0.2) is 5.32 Å². The van der Waals surface area contributed by atoms with Crippen LogP contribution >= 0.6 is 0 Å². The van der Waals surface area contributed by atoms with E-state index in [9.17, 15) is 0 Å². The molecule has 0 N–H and O–H groups in total. The van der Waals surface area contributed by atoms with Gasteiger partial charge in [0.15, 0.2) is 0 Å². The van der Waals surface area contributed by atoms with Crippen molar-refractivity contribution < 1.29 is 0 Å². The highest BCUT2D eigenvalue weighted by Crippen LogP contribution is 2.38. The summed E-state index contributed by atoms with van der Waals surface area (Å²) in [6.45, 7) is 0. The van der Waals surface area contributed by atoms with E-state index in [1.54, 1.807) is 0 Å². The maximum absolute atomic E-state index is 4.87. The fraction of sp³-hybridized carbons (Fsp3) is 0. The maximum Gasteiger partial charge on any atom is 0.0715 e. The van der Waals surface area contributed by atoms with Crippen LogP contribution in [0.1, 0.15) is 0 Å². The summed E-state index contributed by atoms with van der Waals surface area (Å²) in [7, 11) is 0. The van der Waals surface area contributed by atoms with E-state index in [1.807, 2.05) is 12.1 Å². The van der Waals surface area contributed by atoms with Crippen molar-refractivity contribution >= 4 is 11.4 Å². The number of hydrogen-bond donors (Lipinski definition) is 0. The molecule has 0 amide bonds.